The molecule has 2 heterocycles. The standard InChI is InChI=1S/C16H21N5O2/c1-12(2)21-11-17-18-15(21)10-19(3)8-9-20-13-6-4-5-7-14(13)23-16(20)22/h4-7,11-12H,8-10H2,1-3H3. The molecule has 1 aromatic carbocycles. The molecule has 7 heteroatoms. The molecule has 3 aromatic rings. The van der Waals surface area contributed by atoms with E-state index >= 15 is 0 Å². The van der Waals surface area contributed by atoms with Gasteiger partial charge in [-0.15, -0.1) is 10.2 Å². The van der Waals surface area contributed by atoms with Crippen LogP contribution in [0.25, 0.3) is 11.1 Å². The van der Waals surface area contributed by atoms with E-state index in [1.807, 2.05) is 31.3 Å². The highest BCUT2D eigenvalue weighted by atomic mass is 16.4. The van der Waals surface area contributed by atoms with Gasteiger partial charge in [-0.1, -0.05) is 12.1 Å². The van der Waals surface area contributed by atoms with Crippen LogP contribution in [0, 0.1) is 0 Å². The second kappa shape index (κ2) is 6.37. The lowest BCUT2D eigenvalue weighted by atomic mass is 10.3. The van der Waals surface area contributed by atoms with E-state index < -0.39 is 0 Å². The molecule has 0 bridgehead atoms. The number of hydrogen-bond acceptors (Lipinski definition) is 5. The number of nitrogens with zero attached hydrogens (tertiary/aromatic N) is 5. The summed E-state index contributed by atoms with van der Waals surface area (Å²) >= 11 is 0. The minimum atomic E-state index is -0.315. The van der Waals surface area contributed by atoms with E-state index in [9.17, 15) is 4.79 Å². The first kappa shape index (κ1) is 15.5. The molecule has 7 nitrogen and oxygen atoms in total. The minimum Gasteiger partial charge on any atom is -0.408 e. The Morgan fingerprint density at radius 1 is 1.30 bits per heavy atom. The lowest BCUT2D eigenvalue weighted by Crippen LogP contribution is -2.27. The average molecular weight is 315 g/mol. The van der Waals surface area contributed by atoms with Crippen LogP contribution in [0.5, 0.6) is 0 Å². The van der Waals surface area contributed by atoms with Crippen LogP contribution < -0.4 is 5.76 Å². The predicted molar refractivity (Wildman–Crippen MR) is 87.2 cm³/mol. The zero-order chi connectivity index (χ0) is 16.4. The van der Waals surface area contributed by atoms with Gasteiger partial charge < -0.3 is 8.98 Å². The van der Waals surface area contributed by atoms with E-state index in [4.69, 9.17) is 4.42 Å². The topological polar surface area (TPSA) is 69.1 Å². The van der Waals surface area contributed by atoms with Gasteiger partial charge in [0, 0.05) is 19.1 Å². The lowest BCUT2D eigenvalue weighted by molar-refractivity contribution is 0.293. The molecule has 0 unspecified atom stereocenters. The summed E-state index contributed by atoms with van der Waals surface area (Å²) in [5.41, 5.74) is 1.45. The number of oxazole rings is 1. The molecule has 0 saturated carbocycles. The summed E-state index contributed by atoms with van der Waals surface area (Å²) in [5.74, 6) is 0.608. The van der Waals surface area contributed by atoms with Gasteiger partial charge in [0.1, 0.15) is 12.2 Å². The summed E-state index contributed by atoms with van der Waals surface area (Å²) in [4.78, 5) is 14.1. The normalized spacial score (nSPS) is 11.9. The van der Waals surface area contributed by atoms with E-state index in [1.54, 1.807) is 10.9 Å². The van der Waals surface area contributed by atoms with E-state index in [2.05, 4.69) is 33.5 Å². The van der Waals surface area contributed by atoms with Gasteiger partial charge in [-0.05, 0) is 33.0 Å². The molecule has 23 heavy (non-hydrogen) atoms. The second-order valence-corrected chi connectivity index (χ2v) is 5.97. The van der Waals surface area contributed by atoms with Gasteiger partial charge in [0.2, 0.25) is 0 Å². The lowest BCUT2D eigenvalue weighted by Gasteiger charge is -2.18. The van der Waals surface area contributed by atoms with Crippen LogP contribution >= 0.6 is 0 Å². The molecule has 0 radical (unpaired) electrons. The van der Waals surface area contributed by atoms with Crippen LogP contribution in [-0.2, 0) is 13.1 Å². The summed E-state index contributed by atoms with van der Waals surface area (Å²) in [6.07, 6.45) is 1.75. The summed E-state index contributed by atoms with van der Waals surface area (Å²) in [6, 6.07) is 7.80. The fourth-order valence-corrected chi connectivity index (χ4v) is 2.63. The summed E-state index contributed by atoms with van der Waals surface area (Å²) in [5, 5.41) is 8.15. The van der Waals surface area contributed by atoms with E-state index in [1.165, 1.54) is 0 Å². The van der Waals surface area contributed by atoms with Crippen LogP contribution in [0.4, 0.5) is 0 Å². The fourth-order valence-electron chi connectivity index (χ4n) is 2.63. The first-order valence-corrected chi connectivity index (χ1v) is 7.71. The number of fused-ring (bicyclic) bond motifs is 1. The molecule has 0 amide bonds. The summed E-state index contributed by atoms with van der Waals surface area (Å²) in [7, 11) is 2.01. The molecular formula is C16H21N5O2. The van der Waals surface area contributed by atoms with E-state index in [0.717, 1.165) is 11.3 Å². The number of hydrogen-bond donors (Lipinski definition) is 0. The van der Waals surface area contributed by atoms with Crippen molar-refractivity contribution in [3.05, 3.63) is 47.0 Å². The van der Waals surface area contributed by atoms with Crippen molar-refractivity contribution in [3.63, 3.8) is 0 Å². The third kappa shape index (κ3) is 3.19. The molecular weight excluding hydrogens is 294 g/mol. The Morgan fingerprint density at radius 2 is 2.09 bits per heavy atom. The molecule has 0 fully saturated rings. The number of likely N-dealkylation sites (N-methyl/N-ethyl adjacent to an activating group) is 1. The van der Waals surface area contributed by atoms with Crippen molar-refractivity contribution < 1.29 is 4.42 Å². The van der Waals surface area contributed by atoms with Crippen molar-refractivity contribution in [1.29, 1.82) is 0 Å². The zero-order valence-electron chi connectivity index (χ0n) is 13.6. The van der Waals surface area contributed by atoms with Crippen molar-refractivity contribution in [2.75, 3.05) is 13.6 Å². The van der Waals surface area contributed by atoms with Gasteiger partial charge in [-0.2, -0.15) is 0 Å². The van der Waals surface area contributed by atoms with Crippen LogP contribution in [-0.4, -0.2) is 37.8 Å². The first-order chi connectivity index (χ1) is 11.1. The zero-order valence-corrected chi connectivity index (χ0v) is 13.6. The third-order valence-corrected chi connectivity index (χ3v) is 3.89. The maximum atomic E-state index is 12.0. The van der Waals surface area contributed by atoms with Crippen LogP contribution in [0.3, 0.4) is 0 Å². The van der Waals surface area contributed by atoms with Gasteiger partial charge in [-0.25, -0.2) is 4.79 Å². The Hall–Kier alpha value is -2.41. The Kier molecular flexibility index (Phi) is 4.29. The molecule has 0 spiro atoms. The van der Waals surface area contributed by atoms with Crippen LogP contribution in [0.2, 0.25) is 0 Å². The highest BCUT2D eigenvalue weighted by Crippen LogP contribution is 2.12. The van der Waals surface area contributed by atoms with E-state index in [0.29, 0.717) is 31.3 Å². The highest BCUT2D eigenvalue weighted by molar-refractivity contribution is 5.72. The maximum absolute atomic E-state index is 12.0. The quantitative estimate of drug-likeness (QED) is 0.695. The van der Waals surface area contributed by atoms with Gasteiger partial charge in [0.25, 0.3) is 0 Å². The first-order valence-electron chi connectivity index (χ1n) is 7.71. The Labute approximate surface area is 134 Å². The van der Waals surface area contributed by atoms with Crippen molar-refractivity contribution in [1.82, 2.24) is 24.2 Å². The fraction of sp³-hybridized carbons (Fsp3) is 0.438. The average Bonchev–Trinajstić information content (AvgIpc) is 3.09. The molecule has 0 atom stereocenters. The second-order valence-electron chi connectivity index (χ2n) is 5.97. The van der Waals surface area contributed by atoms with Gasteiger partial charge in [0.15, 0.2) is 5.58 Å². The SMILES string of the molecule is CC(C)n1cnnc1CN(C)CCn1c(=O)oc2ccccc21. The largest absolute Gasteiger partial charge is 0.419 e. The molecule has 3 rings (SSSR count). The van der Waals surface area contributed by atoms with Gasteiger partial charge in [0.05, 0.1) is 12.1 Å². The number of rotatable bonds is 6. The Bertz CT molecular complexity index is 845. The number of aromatic nitrogens is 4. The van der Waals surface area contributed by atoms with Crippen LogP contribution in [0.1, 0.15) is 25.7 Å². The molecule has 0 aliphatic carbocycles. The molecule has 0 saturated heterocycles. The molecule has 0 aliphatic rings. The van der Waals surface area contributed by atoms with Crippen molar-refractivity contribution in [2.45, 2.75) is 33.0 Å². The van der Waals surface area contributed by atoms with Crippen molar-refractivity contribution in [3.8, 4) is 0 Å². The maximum Gasteiger partial charge on any atom is 0.419 e. The van der Waals surface area contributed by atoms with Gasteiger partial charge >= 0.3 is 5.76 Å². The summed E-state index contributed by atoms with van der Waals surface area (Å²) < 4.78 is 8.97. The monoisotopic (exact) mass is 315 g/mol. The van der Waals surface area contributed by atoms with Gasteiger partial charge in [-0.3, -0.25) is 9.47 Å². The summed E-state index contributed by atoms with van der Waals surface area (Å²) in [6.45, 7) is 6.17. The molecule has 2 aromatic heterocycles. The molecule has 0 N–H and O–H groups in total. The third-order valence-electron chi connectivity index (χ3n) is 3.89. The van der Waals surface area contributed by atoms with Crippen LogP contribution in [0.15, 0.2) is 39.8 Å². The predicted octanol–water partition coefficient (Wildman–Crippen LogP) is 1.90. The molecule has 0 aliphatic heterocycles. The highest BCUT2D eigenvalue weighted by Gasteiger charge is 2.12. The minimum absolute atomic E-state index is 0.315. The Balaban J connectivity index is 1.69. The van der Waals surface area contributed by atoms with Crippen molar-refractivity contribution >= 4 is 11.1 Å². The van der Waals surface area contributed by atoms with E-state index in [-0.39, 0.29) is 5.76 Å². The van der Waals surface area contributed by atoms with Crippen molar-refractivity contribution in [2.24, 2.45) is 0 Å². The smallest absolute Gasteiger partial charge is 0.408 e. The number of para-hydroxylation sites is 2. The number of benzene rings is 1. The molecule has 122 valence electrons. The Morgan fingerprint density at radius 3 is 2.87 bits per heavy atom.